The van der Waals surface area contributed by atoms with E-state index in [0.29, 0.717) is 12.6 Å². The monoisotopic (exact) mass is 239 g/mol. The summed E-state index contributed by atoms with van der Waals surface area (Å²) in [5.74, 6) is 0.221. The Labute approximate surface area is 104 Å². The third-order valence-electron chi connectivity index (χ3n) is 3.80. The second-order valence-corrected chi connectivity index (χ2v) is 5.28. The van der Waals surface area contributed by atoms with E-state index < -0.39 is 0 Å². The summed E-state index contributed by atoms with van der Waals surface area (Å²) in [7, 11) is 0. The Balaban J connectivity index is 1.68. The molecule has 4 heteroatoms. The molecule has 1 amide bonds. The number of nitrogens with one attached hydrogen (secondary N) is 2. The molecule has 0 aromatic carbocycles. The molecule has 17 heavy (non-hydrogen) atoms. The lowest BCUT2D eigenvalue weighted by Crippen LogP contribution is -2.48. The standard InChI is InChI=1S/C13H25N3O/c17-13(11-16-9-7-14-8-10-16)15-12-5-3-1-2-4-6-12/h12,14H,1-11H2,(H,15,17). The number of carbonyl (C=O) groups excluding carboxylic acids is 1. The van der Waals surface area contributed by atoms with Crippen LogP contribution in [0.25, 0.3) is 0 Å². The van der Waals surface area contributed by atoms with Gasteiger partial charge >= 0.3 is 0 Å². The van der Waals surface area contributed by atoms with Crippen LogP contribution in [0.2, 0.25) is 0 Å². The van der Waals surface area contributed by atoms with Crippen LogP contribution in [0.4, 0.5) is 0 Å². The summed E-state index contributed by atoms with van der Waals surface area (Å²) < 4.78 is 0. The average molecular weight is 239 g/mol. The number of amides is 1. The number of piperazine rings is 1. The molecule has 1 aliphatic carbocycles. The van der Waals surface area contributed by atoms with Gasteiger partial charge < -0.3 is 10.6 Å². The molecule has 2 N–H and O–H groups in total. The summed E-state index contributed by atoms with van der Waals surface area (Å²) >= 11 is 0. The van der Waals surface area contributed by atoms with Crippen molar-refractivity contribution in [2.75, 3.05) is 32.7 Å². The molecule has 0 atom stereocenters. The lowest BCUT2D eigenvalue weighted by molar-refractivity contribution is -0.123. The highest BCUT2D eigenvalue weighted by molar-refractivity contribution is 5.78. The van der Waals surface area contributed by atoms with Gasteiger partial charge in [-0.05, 0) is 12.8 Å². The van der Waals surface area contributed by atoms with E-state index in [2.05, 4.69) is 15.5 Å². The van der Waals surface area contributed by atoms with Crippen LogP contribution in [0, 0.1) is 0 Å². The van der Waals surface area contributed by atoms with Crippen molar-refractivity contribution < 1.29 is 4.79 Å². The van der Waals surface area contributed by atoms with Gasteiger partial charge in [-0.3, -0.25) is 9.69 Å². The summed E-state index contributed by atoms with van der Waals surface area (Å²) in [6, 6.07) is 0.438. The van der Waals surface area contributed by atoms with E-state index in [9.17, 15) is 4.79 Å². The molecule has 0 spiro atoms. The molecule has 98 valence electrons. The van der Waals surface area contributed by atoms with Crippen molar-refractivity contribution in [2.24, 2.45) is 0 Å². The minimum absolute atomic E-state index is 0.221. The molecular weight excluding hydrogens is 214 g/mol. The maximum Gasteiger partial charge on any atom is 0.234 e. The fourth-order valence-corrected chi connectivity index (χ4v) is 2.77. The molecular formula is C13H25N3O. The van der Waals surface area contributed by atoms with Crippen LogP contribution in [0.1, 0.15) is 38.5 Å². The zero-order chi connectivity index (χ0) is 11.9. The molecule has 1 saturated heterocycles. The van der Waals surface area contributed by atoms with E-state index in [-0.39, 0.29) is 5.91 Å². The summed E-state index contributed by atoms with van der Waals surface area (Å²) in [4.78, 5) is 14.2. The van der Waals surface area contributed by atoms with Crippen LogP contribution >= 0.6 is 0 Å². The molecule has 1 heterocycles. The van der Waals surface area contributed by atoms with Gasteiger partial charge in [0.1, 0.15) is 0 Å². The van der Waals surface area contributed by atoms with Gasteiger partial charge in [0.25, 0.3) is 0 Å². The zero-order valence-corrected chi connectivity index (χ0v) is 10.7. The second kappa shape index (κ2) is 6.97. The Morgan fingerprint density at radius 2 is 1.76 bits per heavy atom. The van der Waals surface area contributed by atoms with Gasteiger partial charge in [0.05, 0.1) is 6.54 Å². The largest absolute Gasteiger partial charge is 0.352 e. The highest BCUT2D eigenvalue weighted by atomic mass is 16.2. The van der Waals surface area contributed by atoms with E-state index in [1.54, 1.807) is 0 Å². The average Bonchev–Trinajstić information content (AvgIpc) is 2.59. The van der Waals surface area contributed by atoms with Crippen molar-refractivity contribution in [3.05, 3.63) is 0 Å². The van der Waals surface area contributed by atoms with Crippen molar-refractivity contribution in [3.63, 3.8) is 0 Å². The Kier molecular flexibility index (Phi) is 5.26. The second-order valence-electron chi connectivity index (χ2n) is 5.28. The molecule has 4 nitrogen and oxygen atoms in total. The predicted molar refractivity (Wildman–Crippen MR) is 68.9 cm³/mol. The number of carbonyl (C=O) groups is 1. The molecule has 0 unspecified atom stereocenters. The molecule has 0 aromatic heterocycles. The zero-order valence-electron chi connectivity index (χ0n) is 10.7. The van der Waals surface area contributed by atoms with Crippen molar-refractivity contribution in [3.8, 4) is 0 Å². The van der Waals surface area contributed by atoms with Gasteiger partial charge in [0.15, 0.2) is 0 Å². The van der Waals surface area contributed by atoms with Crippen LogP contribution < -0.4 is 10.6 Å². The van der Waals surface area contributed by atoms with E-state index in [1.807, 2.05) is 0 Å². The van der Waals surface area contributed by atoms with Gasteiger partial charge in [-0.1, -0.05) is 25.7 Å². The van der Waals surface area contributed by atoms with Crippen molar-refractivity contribution in [2.45, 2.75) is 44.6 Å². The first-order chi connectivity index (χ1) is 8.34. The normalized spacial score (nSPS) is 24.2. The van der Waals surface area contributed by atoms with E-state index >= 15 is 0 Å². The van der Waals surface area contributed by atoms with E-state index in [4.69, 9.17) is 0 Å². The first kappa shape index (κ1) is 12.8. The minimum Gasteiger partial charge on any atom is -0.352 e. The Hall–Kier alpha value is -0.610. The quantitative estimate of drug-likeness (QED) is 0.714. The summed E-state index contributed by atoms with van der Waals surface area (Å²) in [5, 5.41) is 6.51. The summed E-state index contributed by atoms with van der Waals surface area (Å²) in [6.45, 7) is 4.60. The maximum atomic E-state index is 11.9. The maximum absolute atomic E-state index is 11.9. The van der Waals surface area contributed by atoms with Crippen LogP contribution in [0.15, 0.2) is 0 Å². The number of nitrogens with zero attached hydrogens (tertiary/aromatic N) is 1. The van der Waals surface area contributed by atoms with Crippen LogP contribution in [0.5, 0.6) is 0 Å². The lowest BCUT2D eigenvalue weighted by atomic mass is 10.1. The topological polar surface area (TPSA) is 44.4 Å². The number of hydrogen-bond donors (Lipinski definition) is 2. The molecule has 2 aliphatic rings. The van der Waals surface area contributed by atoms with Crippen molar-refractivity contribution in [1.29, 1.82) is 0 Å². The fourth-order valence-electron chi connectivity index (χ4n) is 2.77. The molecule has 0 bridgehead atoms. The van der Waals surface area contributed by atoms with Gasteiger partial charge in [0, 0.05) is 32.2 Å². The van der Waals surface area contributed by atoms with Crippen LogP contribution in [0.3, 0.4) is 0 Å². The first-order valence-corrected chi connectivity index (χ1v) is 7.07. The molecule has 1 saturated carbocycles. The highest BCUT2D eigenvalue weighted by Crippen LogP contribution is 2.17. The highest BCUT2D eigenvalue weighted by Gasteiger charge is 2.17. The van der Waals surface area contributed by atoms with Gasteiger partial charge in [0.2, 0.25) is 5.91 Å². The third kappa shape index (κ3) is 4.64. The molecule has 1 aliphatic heterocycles. The Morgan fingerprint density at radius 3 is 2.41 bits per heavy atom. The van der Waals surface area contributed by atoms with Gasteiger partial charge in [-0.2, -0.15) is 0 Å². The SMILES string of the molecule is O=C(CN1CCNCC1)NC1CCCCCC1. The first-order valence-electron chi connectivity index (χ1n) is 7.07. The van der Waals surface area contributed by atoms with Gasteiger partial charge in [-0.15, -0.1) is 0 Å². The molecule has 2 rings (SSSR count). The Morgan fingerprint density at radius 1 is 1.12 bits per heavy atom. The number of hydrogen-bond acceptors (Lipinski definition) is 3. The van der Waals surface area contributed by atoms with Crippen LogP contribution in [-0.2, 0) is 4.79 Å². The molecule has 0 radical (unpaired) electrons. The van der Waals surface area contributed by atoms with E-state index in [0.717, 1.165) is 26.2 Å². The summed E-state index contributed by atoms with van der Waals surface area (Å²) in [5.41, 5.74) is 0. The predicted octanol–water partition coefficient (Wildman–Crippen LogP) is 0.731. The van der Waals surface area contributed by atoms with Crippen molar-refractivity contribution >= 4 is 5.91 Å². The van der Waals surface area contributed by atoms with Gasteiger partial charge in [-0.25, -0.2) is 0 Å². The Bertz CT molecular complexity index is 231. The lowest BCUT2D eigenvalue weighted by Gasteiger charge is -2.27. The summed E-state index contributed by atoms with van der Waals surface area (Å²) in [6.07, 6.45) is 7.58. The minimum atomic E-state index is 0.221. The smallest absolute Gasteiger partial charge is 0.234 e. The molecule has 2 fully saturated rings. The van der Waals surface area contributed by atoms with Crippen molar-refractivity contribution in [1.82, 2.24) is 15.5 Å². The third-order valence-corrected chi connectivity index (χ3v) is 3.80. The number of rotatable bonds is 3. The van der Waals surface area contributed by atoms with E-state index in [1.165, 1.54) is 38.5 Å². The fraction of sp³-hybridized carbons (Fsp3) is 0.923. The van der Waals surface area contributed by atoms with Crippen LogP contribution in [-0.4, -0.2) is 49.6 Å². The molecule has 0 aromatic rings.